The highest BCUT2D eigenvalue weighted by molar-refractivity contribution is 6.10. The topological polar surface area (TPSA) is 95.4 Å². The third-order valence-electron chi connectivity index (χ3n) is 8.91. The van der Waals surface area contributed by atoms with E-state index in [0.717, 1.165) is 18.9 Å². The summed E-state index contributed by atoms with van der Waals surface area (Å²) in [5.74, 6) is -0.816. The van der Waals surface area contributed by atoms with E-state index in [2.05, 4.69) is 22.2 Å². The van der Waals surface area contributed by atoms with Crippen molar-refractivity contribution in [2.24, 2.45) is 7.05 Å². The lowest BCUT2D eigenvalue weighted by Gasteiger charge is -2.30. The summed E-state index contributed by atoms with van der Waals surface area (Å²) in [4.78, 5) is 32.8. The van der Waals surface area contributed by atoms with Crippen molar-refractivity contribution in [3.63, 3.8) is 0 Å². The zero-order valence-corrected chi connectivity index (χ0v) is 26.0. The van der Waals surface area contributed by atoms with Gasteiger partial charge in [-0.1, -0.05) is 31.4 Å². The normalized spacial score (nSPS) is 14.3. The number of likely N-dealkylation sites (N-methyl/N-ethyl adjacent to an activating group) is 1. The predicted molar refractivity (Wildman–Crippen MR) is 174 cm³/mol. The lowest BCUT2D eigenvalue weighted by atomic mass is 9.94. The van der Waals surface area contributed by atoms with Crippen LogP contribution >= 0.6 is 0 Å². The van der Waals surface area contributed by atoms with Crippen LogP contribution in [-0.2, 0) is 18.0 Å². The molecule has 1 aliphatic carbocycles. The number of alkyl halides is 3. The van der Waals surface area contributed by atoms with Crippen LogP contribution < -0.4 is 5.32 Å². The van der Waals surface area contributed by atoms with Crippen molar-refractivity contribution < 1.29 is 22.8 Å². The number of ketones is 1. The SMILES string of the molecule is CN(C/C=C/C(=O)Nc1ccc(C(=O)c2ccc3c(-c4cc5ncn(C)c5cc4C(F)(F)F)cccn23)cc1C#N)C1CCCCC1. The van der Waals surface area contributed by atoms with Crippen LogP contribution in [0.2, 0.25) is 0 Å². The maximum Gasteiger partial charge on any atom is 0.417 e. The molecule has 0 radical (unpaired) electrons. The smallest absolute Gasteiger partial charge is 0.334 e. The Morgan fingerprint density at radius 2 is 1.85 bits per heavy atom. The number of hydrogen-bond donors (Lipinski definition) is 1. The average molecular weight is 639 g/mol. The second kappa shape index (κ2) is 12.9. The van der Waals surface area contributed by atoms with Gasteiger partial charge in [-0.25, -0.2) is 4.98 Å². The Labute approximate surface area is 269 Å². The van der Waals surface area contributed by atoms with Crippen molar-refractivity contribution in [2.45, 2.75) is 44.3 Å². The first-order valence-corrected chi connectivity index (χ1v) is 15.4. The first-order chi connectivity index (χ1) is 22.5. The largest absolute Gasteiger partial charge is 0.417 e. The number of nitrogens with one attached hydrogen (secondary N) is 1. The molecule has 0 spiro atoms. The van der Waals surface area contributed by atoms with Crippen molar-refractivity contribution in [1.29, 1.82) is 5.26 Å². The monoisotopic (exact) mass is 638 g/mol. The molecule has 47 heavy (non-hydrogen) atoms. The number of fused-ring (bicyclic) bond motifs is 2. The highest BCUT2D eigenvalue weighted by Gasteiger charge is 2.35. The number of rotatable bonds is 8. The summed E-state index contributed by atoms with van der Waals surface area (Å²) in [6.07, 6.45) is 7.73. The van der Waals surface area contributed by atoms with Gasteiger partial charge in [0.2, 0.25) is 11.7 Å². The summed E-state index contributed by atoms with van der Waals surface area (Å²) < 4.78 is 45.8. The number of amides is 1. The molecular formula is C36H33F3N6O2. The fraction of sp³-hybridized carbons (Fsp3) is 0.278. The van der Waals surface area contributed by atoms with Gasteiger partial charge in [-0.2, -0.15) is 18.4 Å². The number of imidazole rings is 1. The minimum Gasteiger partial charge on any atom is -0.334 e. The standard InChI is InChI=1S/C36H33F3N6O2/c1-43(25-8-4-3-5-9-25)16-7-11-34(46)42-29-13-12-23(18-24(29)21-40)35(47)32-15-14-31-26(10-6-17-45(31)32)27-19-30-33(44(2)22-41-30)20-28(27)36(37,38)39/h6-7,10-15,17-20,22,25H,3-5,8-9,16H2,1-2H3,(H,42,46)/b11-7+. The van der Waals surface area contributed by atoms with Crippen molar-refractivity contribution >= 4 is 33.9 Å². The number of halogens is 3. The Balaban J connectivity index is 1.24. The molecule has 3 heterocycles. The van der Waals surface area contributed by atoms with Crippen molar-refractivity contribution in [2.75, 3.05) is 18.9 Å². The van der Waals surface area contributed by atoms with Gasteiger partial charge in [0.05, 0.1) is 45.4 Å². The van der Waals surface area contributed by atoms with E-state index in [1.165, 1.54) is 64.9 Å². The maximum atomic E-state index is 14.3. The molecule has 0 aliphatic heterocycles. The van der Waals surface area contributed by atoms with Gasteiger partial charge in [-0.3, -0.25) is 14.5 Å². The number of aromatic nitrogens is 3. The highest BCUT2D eigenvalue weighted by atomic mass is 19.4. The van der Waals surface area contributed by atoms with Crippen LogP contribution in [0, 0.1) is 11.3 Å². The molecule has 1 aliphatic rings. The number of benzene rings is 2. The van der Waals surface area contributed by atoms with E-state index in [1.807, 2.05) is 6.07 Å². The molecule has 0 bridgehead atoms. The van der Waals surface area contributed by atoms with E-state index in [-0.39, 0.29) is 34.0 Å². The third kappa shape index (κ3) is 6.42. The molecule has 11 heteroatoms. The molecule has 0 saturated heterocycles. The van der Waals surface area contributed by atoms with Crippen molar-refractivity contribution in [3.8, 4) is 17.2 Å². The van der Waals surface area contributed by atoms with Gasteiger partial charge in [0.25, 0.3) is 0 Å². The minimum absolute atomic E-state index is 0.0482. The van der Waals surface area contributed by atoms with Gasteiger partial charge < -0.3 is 14.3 Å². The Kier molecular flexibility index (Phi) is 8.71. The van der Waals surface area contributed by atoms with E-state index in [9.17, 15) is 28.0 Å². The van der Waals surface area contributed by atoms with Gasteiger partial charge in [-0.15, -0.1) is 0 Å². The Hall–Kier alpha value is -5.21. The number of pyridine rings is 1. The molecular weight excluding hydrogens is 605 g/mol. The summed E-state index contributed by atoms with van der Waals surface area (Å²) in [5.41, 5.74) is 1.39. The van der Waals surface area contributed by atoms with Gasteiger partial charge >= 0.3 is 6.18 Å². The zero-order chi connectivity index (χ0) is 33.3. The second-order valence-corrected chi connectivity index (χ2v) is 12.0. The molecule has 6 rings (SSSR count). The summed E-state index contributed by atoms with van der Waals surface area (Å²) in [7, 11) is 3.69. The van der Waals surface area contributed by atoms with Crippen molar-refractivity contribution in [3.05, 3.63) is 102 Å². The fourth-order valence-corrected chi connectivity index (χ4v) is 6.39. The molecule has 240 valence electrons. The van der Waals surface area contributed by atoms with E-state index in [4.69, 9.17) is 0 Å². The van der Waals surface area contributed by atoms with Crippen LogP contribution in [0.15, 0.2) is 79.3 Å². The second-order valence-electron chi connectivity index (χ2n) is 12.0. The lowest BCUT2D eigenvalue weighted by Crippen LogP contribution is -2.33. The quantitative estimate of drug-likeness (QED) is 0.141. The first-order valence-electron chi connectivity index (χ1n) is 15.4. The Morgan fingerprint density at radius 3 is 2.60 bits per heavy atom. The van der Waals surface area contributed by atoms with Gasteiger partial charge in [0.1, 0.15) is 6.07 Å². The number of hydrogen-bond acceptors (Lipinski definition) is 5. The molecule has 1 amide bonds. The highest BCUT2D eigenvalue weighted by Crippen LogP contribution is 2.41. The van der Waals surface area contributed by atoms with Crippen LogP contribution in [0.3, 0.4) is 0 Å². The van der Waals surface area contributed by atoms with Crippen LogP contribution in [0.25, 0.3) is 27.7 Å². The van der Waals surface area contributed by atoms with Gasteiger partial charge in [-0.05, 0) is 74.0 Å². The summed E-state index contributed by atoms with van der Waals surface area (Å²) >= 11 is 0. The molecule has 0 atom stereocenters. The van der Waals surface area contributed by atoms with E-state index >= 15 is 0 Å². The summed E-state index contributed by atoms with van der Waals surface area (Å²) in [6.45, 7) is 0.638. The molecule has 1 N–H and O–H groups in total. The van der Waals surface area contributed by atoms with Gasteiger partial charge in [0.15, 0.2) is 0 Å². The number of aryl methyl sites for hydroxylation is 1. The number of carbonyl (C=O) groups is 2. The van der Waals surface area contributed by atoms with E-state index < -0.39 is 17.5 Å². The number of anilines is 1. The van der Waals surface area contributed by atoms with Crippen LogP contribution in [0.5, 0.6) is 0 Å². The lowest BCUT2D eigenvalue weighted by molar-refractivity contribution is -0.137. The molecule has 8 nitrogen and oxygen atoms in total. The van der Waals surface area contributed by atoms with Crippen LogP contribution in [0.4, 0.5) is 18.9 Å². The summed E-state index contributed by atoms with van der Waals surface area (Å²) in [5, 5.41) is 12.5. The predicted octanol–water partition coefficient (Wildman–Crippen LogP) is 7.37. The number of carbonyl (C=O) groups excluding carboxylic acids is 2. The van der Waals surface area contributed by atoms with E-state index in [0.29, 0.717) is 34.7 Å². The Bertz CT molecular complexity index is 2060. The van der Waals surface area contributed by atoms with Crippen LogP contribution in [0.1, 0.15) is 59.3 Å². The summed E-state index contributed by atoms with van der Waals surface area (Å²) in [6, 6.07) is 15.8. The molecule has 1 fully saturated rings. The number of nitriles is 1. The minimum atomic E-state index is -4.63. The average Bonchev–Trinajstić information content (AvgIpc) is 3.67. The third-order valence-corrected chi connectivity index (χ3v) is 8.91. The van der Waals surface area contributed by atoms with Crippen LogP contribution in [-0.4, -0.2) is 50.2 Å². The first kappa shape index (κ1) is 31.8. The van der Waals surface area contributed by atoms with Gasteiger partial charge in [0, 0.05) is 43.0 Å². The molecule has 5 aromatic rings. The molecule has 0 unspecified atom stereocenters. The zero-order valence-electron chi connectivity index (χ0n) is 26.0. The Morgan fingerprint density at radius 1 is 1.06 bits per heavy atom. The maximum absolute atomic E-state index is 14.3. The fourth-order valence-electron chi connectivity index (χ4n) is 6.39. The molecule has 1 saturated carbocycles. The molecule has 2 aromatic carbocycles. The van der Waals surface area contributed by atoms with E-state index in [1.54, 1.807) is 43.6 Å². The van der Waals surface area contributed by atoms with Crippen molar-refractivity contribution in [1.82, 2.24) is 18.9 Å². The number of nitrogens with zero attached hydrogens (tertiary/aromatic N) is 5. The molecule has 3 aromatic heterocycles.